The molecule has 0 atom stereocenters. The third kappa shape index (κ3) is 4.71. The lowest BCUT2D eigenvalue weighted by atomic mass is 10.2. The summed E-state index contributed by atoms with van der Waals surface area (Å²) in [4.78, 5) is 3.93. The van der Waals surface area contributed by atoms with Crippen LogP contribution in [0.15, 0.2) is 17.1 Å². The number of rotatable bonds is 7. The quantitative estimate of drug-likeness (QED) is 0.597. The largest absolute Gasteiger partial charge is 0.496 e. The maximum Gasteiger partial charge on any atom is 0.266 e. The van der Waals surface area contributed by atoms with Crippen molar-refractivity contribution in [2.24, 2.45) is 4.99 Å². The summed E-state index contributed by atoms with van der Waals surface area (Å²) in [5.74, 6) is 1.10. The van der Waals surface area contributed by atoms with Crippen LogP contribution < -0.4 is 14.2 Å². The number of methoxy groups -OCH3 is 3. The van der Waals surface area contributed by atoms with E-state index in [4.69, 9.17) is 18.8 Å². The molecule has 0 spiro atoms. The zero-order chi connectivity index (χ0) is 15.2. The van der Waals surface area contributed by atoms with Crippen LogP contribution in [0.2, 0.25) is 0 Å². The summed E-state index contributed by atoms with van der Waals surface area (Å²) < 4.78 is 45.2. The fourth-order valence-corrected chi connectivity index (χ4v) is 1.82. The van der Waals surface area contributed by atoms with E-state index in [0.717, 1.165) is 0 Å². The first kappa shape index (κ1) is 16.3. The van der Waals surface area contributed by atoms with E-state index in [2.05, 4.69) is 4.99 Å². The zero-order valence-electron chi connectivity index (χ0n) is 11.5. The van der Waals surface area contributed by atoms with E-state index in [-0.39, 0.29) is 6.54 Å². The highest BCUT2D eigenvalue weighted by Crippen LogP contribution is 2.33. The lowest BCUT2D eigenvalue weighted by Gasteiger charge is -2.11. The number of aliphatic imine (C=N–C) groups is 1. The molecule has 0 amide bonds. The molecular weight excluding hydrogens is 286 g/mol. The van der Waals surface area contributed by atoms with Gasteiger partial charge in [-0.1, -0.05) is 0 Å². The van der Waals surface area contributed by atoms with Crippen molar-refractivity contribution in [3.63, 3.8) is 0 Å². The second-order valence-corrected chi connectivity index (χ2v) is 5.34. The van der Waals surface area contributed by atoms with Crippen LogP contribution in [0.5, 0.6) is 17.2 Å². The van der Waals surface area contributed by atoms with Crippen LogP contribution in [0.3, 0.4) is 0 Å². The normalized spacial score (nSPS) is 11.6. The van der Waals surface area contributed by atoms with Gasteiger partial charge in [0.2, 0.25) is 0 Å². The van der Waals surface area contributed by atoms with Gasteiger partial charge in [-0.15, -0.1) is 0 Å². The number of benzene rings is 1. The Morgan fingerprint density at radius 1 is 1.10 bits per heavy atom. The first-order chi connectivity index (χ1) is 9.41. The van der Waals surface area contributed by atoms with Gasteiger partial charge in [-0.05, 0) is 6.07 Å². The van der Waals surface area contributed by atoms with Crippen molar-refractivity contribution >= 4 is 16.3 Å². The summed E-state index contributed by atoms with van der Waals surface area (Å²) in [7, 11) is 0.504. The van der Waals surface area contributed by atoms with Crippen molar-refractivity contribution in [1.82, 2.24) is 0 Å². The Bertz CT molecular complexity index is 582. The maximum atomic E-state index is 10.6. The van der Waals surface area contributed by atoms with E-state index in [9.17, 15) is 8.42 Å². The first-order valence-corrected chi connectivity index (χ1v) is 7.27. The molecule has 0 aliphatic carbocycles. The van der Waals surface area contributed by atoms with Gasteiger partial charge in [-0.3, -0.25) is 9.55 Å². The van der Waals surface area contributed by atoms with E-state index in [0.29, 0.717) is 22.8 Å². The smallest absolute Gasteiger partial charge is 0.266 e. The SMILES string of the molecule is COc1cc(OC)c(OC)cc1/C=N\CCS(=O)(=O)O. The van der Waals surface area contributed by atoms with Gasteiger partial charge in [0.15, 0.2) is 11.5 Å². The highest BCUT2D eigenvalue weighted by molar-refractivity contribution is 7.85. The fraction of sp³-hybridized carbons (Fsp3) is 0.417. The van der Waals surface area contributed by atoms with Gasteiger partial charge in [-0.25, -0.2) is 0 Å². The van der Waals surface area contributed by atoms with Crippen LogP contribution in [0, 0.1) is 0 Å². The maximum absolute atomic E-state index is 10.6. The minimum Gasteiger partial charge on any atom is -0.496 e. The predicted molar refractivity (Wildman–Crippen MR) is 75.0 cm³/mol. The monoisotopic (exact) mass is 303 g/mol. The molecule has 1 aromatic carbocycles. The molecule has 0 saturated heterocycles. The molecule has 0 aliphatic heterocycles. The zero-order valence-corrected chi connectivity index (χ0v) is 12.3. The van der Waals surface area contributed by atoms with Gasteiger partial charge in [0.05, 0.1) is 33.6 Å². The Morgan fingerprint density at radius 2 is 1.65 bits per heavy atom. The highest BCUT2D eigenvalue weighted by Gasteiger charge is 2.10. The lowest BCUT2D eigenvalue weighted by Crippen LogP contribution is -2.06. The van der Waals surface area contributed by atoms with Crippen LogP contribution in [-0.2, 0) is 10.1 Å². The van der Waals surface area contributed by atoms with Crippen molar-refractivity contribution in [3.05, 3.63) is 17.7 Å². The molecule has 0 unspecified atom stereocenters. The average Bonchev–Trinajstić information content (AvgIpc) is 2.41. The lowest BCUT2D eigenvalue weighted by molar-refractivity contribution is 0.349. The molecule has 0 fully saturated rings. The van der Waals surface area contributed by atoms with E-state index in [1.165, 1.54) is 27.5 Å². The molecule has 0 aliphatic rings. The average molecular weight is 303 g/mol. The Balaban J connectivity index is 2.96. The van der Waals surface area contributed by atoms with E-state index >= 15 is 0 Å². The minimum atomic E-state index is -4.01. The number of ether oxygens (including phenoxy) is 3. The molecule has 1 rings (SSSR count). The standard InChI is InChI=1S/C12H17NO6S/c1-17-10-7-12(19-3)11(18-2)6-9(10)8-13-4-5-20(14,15)16/h6-8H,4-5H2,1-3H3,(H,14,15,16)/b13-8-. The molecule has 0 radical (unpaired) electrons. The van der Waals surface area contributed by atoms with Crippen molar-refractivity contribution in [2.75, 3.05) is 33.6 Å². The van der Waals surface area contributed by atoms with Crippen molar-refractivity contribution in [2.45, 2.75) is 0 Å². The van der Waals surface area contributed by atoms with Crippen LogP contribution in [0.1, 0.15) is 5.56 Å². The van der Waals surface area contributed by atoms with Gasteiger partial charge in [0.25, 0.3) is 10.1 Å². The molecule has 1 aromatic rings. The Kier molecular flexibility index (Phi) is 5.78. The Morgan fingerprint density at radius 3 is 2.15 bits per heavy atom. The number of hydrogen-bond acceptors (Lipinski definition) is 6. The third-order valence-corrected chi connectivity index (χ3v) is 3.14. The molecule has 20 heavy (non-hydrogen) atoms. The fourth-order valence-electron chi connectivity index (χ4n) is 1.48. The molecule has 1 N–H and O–H groups in total. The van der Waals surface area contributed by atoms with E-state index in [1.54, 1.807) is 12.1 Å². The van der Waals surface area contributed by atoms with Crippen LogP contribution in [-0.4, -0.2) is 52.8 Å². The molecule has 0 saturated carbocycles. The van der Waals surface area contributed by atoms with Gasteiger partial charge in [0, 0.05) is 17.8 Å². The van der Waals surface area contributed by atoms with Crippen LogP contribution in [0.25, 0.3) is 0 Å². The highest BCUT2D eigenvalue weighted by atomic mass is 32.2. The summed E-state index contributed by atoms with van der Waals surface area (Å²) in [6, 6.07) is 3.30. The molecule has 0 aromatic heterocycles. The van der Waals surface area contributed by atoms with Crippen molar-refractivity contribution < 1.29 is 27.2 Å². The summed E-state index contributed by atoms with van der Waals surface area (Å²) in [6.07, 6.45) is 1.45. The van der Waals surface area contributed by atoms with E-state index in [1.807, 2.05) is 0 Å². The molecule has 0 bridgehead atoms. The van der Waals surface area contributed by atoms with Gasteiger partial charge >= 0.3 is 0 Å². The summed E-state index contributed by atoms with van der Waals surface area (Å²) in [5.41, 5.74) is 0.612. The topological polar surface area (TPSA) is 94.4 Å². The molecule has 0 heterocycles. The Labute approximate surface area is 117 Å². The van der Waals surface area contributed by atoms with Gasteiger partial charge in [0.1, 0.15) is 5.75 Å². The van der Waals surface area contributed by atoms with Crippen LogP contribution in [0.4, 0.5) is 0 Å². The first-order valence-electron chi connectivity index (χ1n) is 5.66. The number of hydrogen-bond donors (Lipinski definition) is 1. The minimum absolute atomic E-state index is 0.0453. The van der Waals surface area contributed by atoms with Gasteiger partial charge in [-0.2, -0.15) is 8.42 Å². The second kappa shape index (κ2) is 7.11. The van der Waals surface area contributed by atoms with Crippen molar-refractivity contribution in [3.8, 4) is 17.2 Å². The van der Waals surface area contributed by atoms with E-state index < -0.39 is 15.9 Å². The molecule has 112 valence electrons. The Hall–Kier alpha value is -1.80. The van der Waals surface area contributed by atoms with Gasteiger partial charge < -0.3 is 14.2 Å². The summed E-state index contributed by atoms with van der Waals surface area (Å²) >= 11 is 0. The molecule has 7 nitrogen and oxygen atoms in total. The van der Waals surface area contributed by atoms with Crippen LogP contribution >= 0.6 is 0 Å². The third-order valence-electron chi connectivity index (χ3n) is 2.44. The summed E-state index contributed by atoms with van der Waals surface area (Å²) in [6.45, 7) is -0.0453. The summed E-state index contributed by atoms with van der Waals surface area (Å²) in [5, 5.41) is 0. The second-order valence-electron chi connectivity index (χ2n) is 3.77. The number of nitrogens with zero attached hydrogens (tertiary/aromatic N) is 1. The predicted octanol–water partition coefficient (Wildman–Crippen LogP) is 1.02. The molecular formula is C12H17NO6S. The van der Waals surface area contributed by atoms with Crippen molar-refractivity contribution in [1.29, 1.82) is 0 Å². The molecule has 8 heteroatoms.